The van der Waals surface area contributed by atoms with Crippen molar-refractivity contribution in [3.05, 3.63) is 227 Å². The van der Waals surface area contributed by atoms with Gasteiger partial charge in [0.2, 0.25) is 0 Å². The second-order valence-electron chi connectivity index (χ2n) is 17.1. The summed E-state index contributed by atoms with van der Waals surface area (Å²) in [6.45, 7) is 5.68. The van der Waals surface area contributed by atoms with E-state index in [9.17, 15) is 9.59 Å². The molecule has 2 bridgehead atoms. The zero-order valence-electron chi connectivity index (χ0n) is 37.7. The van der Waals surface area contributed by atoms with E-state index in [-0.39, 0.29) is 50.2 Å². The highest BCUT2D eigenvalue weighted by atomic mass is 16.6. The van der Waals surface area contributed by atoms with Crippen molar-refractivity contribution in [1.29, 1.82) is 0 Å². The quantitative estimate of drug-likeness (QED) is 0.0420. The first-order valence-electron chi connectivity index (χ1n) is 23.3. The van der Waals surface area contributed by atoms with Crippen LogP contribution < -0.4 is 14.2 Å². The first kappa shape index (κ1) is 44.4. The van der Waals surface area contributed by atoms with E-state index in [1.54, 1.807) is 0 Å². The van der Waals surface area contributed by atoms with Crippen LogP contribution in [-0.2, 0) is 34.0 Å². The summed E-state index contributed by atoms with van der Waals surface area (Å²) < 4.78 is 40.7. The van der Waals surface area contributed by atoms with Gasteiger partial charge in [0.1, 0.15) is 49.4 Å². The highest BCUT2D eigenvalue weighted by Crippen LogP contribution is 2.58. The lowest BCUT2D eigenvalue weighted by Crippen LogP contribution is -2.37. The third-order valence-electron chi connectivity index (χ3n) is 13.3. The molecule has 9 heteroatoms. The average molecular weight is 905 g/mol. The third-order valence-corrected chi connectivity index (χ3v) is 13.3. The van der Waals surface area contributed by atoms with Gasteiger partial charge in [-0.15, -0.1) is 0 Å². The van der Waals surface area contributed by atoms with E-state index in [1.165, 1.54) is 44.5 Å². The summed E-state index contributed by atoms with van der Waals surface area (Å²) in [7, 11) is 0. The van der Waals surface area contributed by atoms with Crippen molar-refractivity contribution in [2.45, 2.75) is 23.7 Å². The molecule has 3 unspecified atom stereocenters. The fraction of sp³-hybridized carbons (Fsp3) is 0.220. The van der Waals surface area contributed by atoms with Crippen LogP contribution in [0, 0.1) is 5.92 Å². The van der Waals surface area contributed by atoms with Crippen LogP contribution in [-0.4, -0.2) is 64.8 Å². The van der Waals surface area contributed by atoms with Crippen LogP contribution in [0.15, 0.2) is 183 Å². The van der Waals surface area contributed by atoms with E-state index in [0.29, 0.717) is 32.8 Å². The molecule has 0 fully saturated rings. The Morgan fingerprint density at radius 3 is 1.63 bits per heavy atom. The van der Waals surface area contributed by atoms with E-state index in [0.717, 1.165) is 40.2 Å². The number of rotatable bonds is 20. The summed E-state index contributed by atoms with van der Waals surface area (Å²) in [5, 5.41) is 0. The van der Waals surface area contributed by atoms with Gasteiger partial charge in [-0.25, -0.2) is 4.79 Å². The second-order valence-corrected chi connectivity index (χ2v) is 17.1. The Morgan fingerprint density at radius 1 is 0.500 bits per heavy atom. The SMILES string of the molecule is C=CC(=O)OCCOCCOc1ccc(C2(c3ccc(OCCOCCOC(=O)C4CC5c6ccccc6C4c4ccc(Oc6ccccc6)cc45)cc3)c3ccccc3-c3ccccc32)cc1. The molecule has 0 N–H and O–H groups in total. The Kier molecular flexibility index (Phi) is 13.2. The summed E-state index contributed by atoms with van der Waals surface area (Å²) in [5.41, 5.74) is 11.3. The molecule has 0 saturated heterocycles. The van der Waals surface area contributed by atoms with Crippen molar-refractivity contribution in [3.8, 4) is 34.1 Å². The molecular weight excluding hydrogens is 853 g/mol. The monoisotopic (exact) mass is 904 g/mol. The lowest BCUT2D eigenvalue weighted by molar-refractivity contribution is -0.151. The van der Waals surface area contributed by atoms with Gasteiger partial charge in [0, 0.05) is 17.9 Å². The molecule has 0 radical (unpaired) electrons. The topological polar surface area (TPSA) is 98.8 Å². The molecule has 0 aliphatic heterocycles. The van der Waals surface area contributed by atoms with E-state index in [2.05, 4.69) is 116 Å². The predicted octanol–water partition coefficient (Wildman–Crippen LogP) is 11.2. The number of ether oxygens (including phenoxy) is 7. The molecule has 0 heterocycles. The molecular formula is C59H52O9. The van der Waals surface area contributed by atoms with Crippen molar-refractivity contribution in [1.82, 2.24) is 0 Å². The molecule has 342 valence electrons. The lowest BCUT2D eigenvalue weighted by Gasteiger charge is -2.44. The van der Waals surface area contributed by atoms with Gasteiger partial charge in [-0.3, -0.25) is 4.79 Å². The molecule has 68 heavy (non-hydrogen) atoms. The summed E-state index contributed by atoms with van der Waals surface area (Å²) in [5.74, 6) is 2.11. The molecule has 0 saturated carbocycles. The van der Waals surface area contributed by atoms with Crippen LogP contribution in [0.2, 0.25) is 0 Å². The number of hydrogen-bond acceptors (Lipinski definition) is 9. The second kappa shape index (κ2) is 20.2. The molecule has 11 rings (SSSR count). The maximum absolute atomic E-state index is 13.7. The zero-order chi connectivity index (χ0) is 46.3. The maximum Gasteiger partial charge on any atom is 0.330 e. The van der Waals surface area contributed by atoms with E-state index in [1.807, 2.05) is 60.7 Å². The molecule has 0 spiro atoms. The average Bonchev–Trinajstić information content (AvgIpc) is 3.69. The van der Waals surface area contributed by atoms with Gasteiger partial charge in [-0.1, -0.05) is 128 Å². The standard InChI is InChI=1S/C59H52O9/c1-2-56(60)66-36-32-62-30-34-64-42-24-20-40(21-25-42)59(54-18-10-8-15-47(54)48-16-9-11-19-55(48)59)41-22-26-43(27-23-41)65-35-31-63-33-37-67-58(61)53-39-52-46-14-6-7-17-49(46)57(53)50-29-28-45(38-51(50)52)68-44-12-4-3-5-13-44/h2-29,38,52-53,57H,1,30-37,39H2. The number of carbonyl (C=O) groups excluding carboxylic acids is 2. The number of carbonyl (C=O) groups is 2. The minimum absolute atomic E-state index is 0.0783. The normalized spacial score (nSPS) is 16.6. The largest absolute Gasteiger partial charge is 0.491 e. The number of benzene rings is 7. The summed E-state index contributed by atoms with van der Waals surface area (Å²) >= 11 is 0. The molecule has 7 aromatic rings. The van der Waals surface area contributed by atoms with Crippen molar-refractivity contribution < 1.29 is 42.7 Å². The van der Waals surface area contributed by atoms with Gasteiger partial charge in [-0.05, 0) is 111 Å². The Morgan fingerprint density at radius 2 is 1.01 bits per heavy atom. The Labute approximate surface area is 396 Å². The van der Waals surface area contributed by atoms with Crippen LogP contribution in [0.3, 0.4) is 0 Å². The Hall–Kier alpha value is -7.46. The molecule has 7 aromatic carbocycles. The van der Waals surface area contributed by atoms with E-state index < -0.39 is 11.4 Å². The van der Waals surface area contributed by atoms with Crippen molar-refractivity contribution in [3.63, 3.8) is 0 Å². The molecule has 9 nitrogen and oxygen atoms in total. The van der Waals surface area contributed by atoms with Gasteiger partial charge in [0.25, 0.3) is 0 Å². The van der Waals surface area contributed by atoms with Gasteiger partial charge in [-0.2, -0.15) is 0 Å². The number of esters is 2. The van der Waals surface area contributed by atoms with Crippen LogP contribution in [0.4, 0.5) is 0 Å². The molecule has 3 atom stereocenters. The number of para-hydroxylation sites is 1. The first-order valence-corrected chi connectivity index (χ1v) is 23.3. The van der Waals surface area contributed by atoms with Gasteiger partial charge in [0.15, 0.2) is 0 Å². The smallest absolute Gasteiger partial charge is 0.330 e. The van der Waals surface area contributed by atoms with Gasteiger partial charge < -0.3 is 33.2 Å². The molecule has 0 amide bonds. The minimum Gasteiger partial charge on any atom is -0.491 e. The Bertz CT molecular complexity index is 2850. The maximum atomic E-state index is 13.7. The summed E-state index contributed by atoms with van der Waals surface area (Å²) in [6.07, 6.45) is 1.82. The highest BCUT2D eigenvalue weighted by Gasteiger charge is 2.48. The van der Waals surface area contributed by atoms with Gasteiger partial charge in [0.05, 0.1) is 37.8 Å². The van der Waals surface area contributed by atoms with Crippen LogP contribution in [0.25, 0.3) is 11.1 Å². The molecule has 4 aliphatic rings. The van der Waals surface area contributed by atoms with Crippen molar-refractivity contribution in [2.24, 2.45) is 5.92 Å². The highest BCUT2D eigenvalue weighted by molar-refractivity contribution is 5.86. The van der Waals surface area contributed by atoms with Crippen LogP contribution in [0.5, 0.6) is 23.0 Å². The van der Waals surface area contributed by atoms with Gasteiger partial charge >= 0.3 is 11.9 Å². The van der Waals surface area contributed by atoms with Crippen LogP contribution >= 0.6 is 0 Å². The number of hydrogen-bond donors (Lipinski definition) is 0. The molecule has 0 aromatic heterocycles. The van der Waals surface area contributed by atoms with Crippen molar-refractivity contribution >= 4 is 11.9 Å². The fourth-order valence-corrected chi connectivity index (χ4v) is 10.4. The lowest BCUT2D eigenvalue weighted by atomic mass is 9.59. The fourth-order valence-electron chi connectivity index (χ4n) is 10.4. The third kappa shape index (κ3) is 8.78. The summed E-state index contributed by atoms with van der Waals surface area (Å²) in [4.78, 5) is 25.0. The zero-order valence-corrected chi connectivity index (χ0v) is 37.7. The van der Waals surface area contributed by atoms with E-state index >= 15 is 0 Å². The first-order chi connectivity index (χ1) is 33.5. The minimum atomic E-state index is -0.582. The molecule has 4 aliphatic carbocycles. The van der Waals surface area contributed by atoms with E-state index in [4.69, 9.17) is 33.2 Å². The Balaban J connectivity index is 0.745. The summed E-state index contributed by atoms with van der Waals surface area (Å²) in [6, 6.07) is 58.4. The number of fused-ring (bicyclic) bond motifs is 4. The predicted molar refractivity (Wildman–Crippen MR) is 260 cm³/mol. The van der Waals surface area contributed by atoms with Crippen molar-refractivity contribution in [2.75, 3.05) is 52.9 Å². The van der Waals surface area contributed by atoms with Crippen LogP contribution in [0.1, 0.15) is 62.8 Å².